The molecule has 1 aromatic heterocycles. The Labute approximate surface area is 206 Å². The summed E-state index contributed by atoms with van der Waals surface area (Å²) >= 11 is 0. The van der Waals surface area contributed by atoms with Gasteiger partial charge in [-0.15, -0.1) is 11.7 Å². The van der Waals surface area contributed by atoms with E-state index in [0.717, 1.165) is 49.9 Å². The summed E-state index contributed by atoms with van der Waals surface area (Å²) in [4.78, 5) is 25.5. The third kappa shape index (κ3) is 4.97. The lowest BCUT2D eigenvalue weighted by Gasteiger charge is -2.56. The van der Waals surface area contributed by atoms with Crippen molar-refractivity contribution in [2.24, 2.45) is 17.8 Å². The van der Waals surface area contributed by atoms with Crippen molar-refractivity contribution < 1.29 is 14.3 Å². The first-order valence-electron chi connectivity index (χ1n) is 12.9. The van der Waals surface area contributed by atoms with Crippen LogP contribution in [0.2, 0.25) is 0 Å². The van der Waals surface area contributed by atoms with Crippen LogP contribution in [0.3, 0.4) is 0 Å². The molecule has 2 N–H and O–H groups in total. The molecule has 35 heavy (non-hydrogen) atoms. The molecule has 4 aliphatic rings. The average Bonchev–Trinajstić information content (AvgIpc) is 3.31. The van der Waals surface area contributed by atoms with E-state index in [9.17, 15) is 9.59 Å². The molecule has 4 fully saturated rings. The van der Waals surface area contributed by atoms with E-state index in [2.05, 4.69) is 27.5 Å². The normalized spacial score (nSPS) is 26.4. The van der Waals surface area contributed by atoms with Gasteiger partial charge in [0, 0.05) is 17.6 Å². The first-order valence-corrected chi connectivity index (χ1v) is 12.9. The number of benzene rings is 1. The summed E-state index contributed by atoms with van der Waals surface area (Å²) in [6.07, 6.45) is 12.4. The van der Waals surface area contributed by atoms with Gasteiger partial charge < -0.3 is 15.4 Å². The predicted octanol–water partition coefficient (Wildman–Crippen LogP) is 4.06. The molecule has 2 amide bonds. The van der Waals surface area contributed by atoms with Gasteiger partial charge in [-0.25, -0.2) is 4.68 Å². The number of nitrogens with zero attached hydrogens (tertiary/aromatic N) is 3. The largest absolute Gasteiger partial charge is 0.491 e. The van der Waals surface area contributed by atoms with Crippen LogP contribution >= 0.6 is 0 Å². The zero-order valence-electron chi connectivity index (χ0n) is 20.5. The fourth-order valence-electron chi connectivity index (χ4n) is 6.69. The summed E-state index contributed by atoms with van der Waals surface area (Å²) < 4.78 is 7.56. The number of carbonyl (C=O) groups is 2. The highest BCUT2D eigenvalue weighted by molar-refractivity contribution is 5.95. The Balaban J connectivity index is 1.34. The molecule has 0 spiro atoms. The first kappa shape index (κ1) is 23.6. The van der Waals surface area contributed by atoms with Crippen LogP contribution < -0.4 is 15.4 Å². The summed E-state index contributed by atoms with van der Waals surface area (Å²) in [7, 11) is 0. The monoisotopic (exact) mass is 477 g/mol. The molecule has 2 aromatic rings. The number of nitrogens with one attached hydrogen (secondary N) is 2. The smallest absolute Gasteiger partial charge is 0.273 e. The van der Waals surface area contributed by atoms with Crippen LogP contribution in [-0.2, 0) is 0 Å². The molecule has 4 saturated carbocycles. The number of ether oxygens (including phenoxy) is 1. The van der Waals surface area contributed by atoms with Crippen LogP contribution in [0.15, 0.2) is 37.1 Å². The highest BCUT2D eigenvalue weighted by atomic mass is 16.5. The van der Waals surface area contributed by atoms with Gasteiger partial charge in [-0.2, -0.15) is 0 Å². The Morgan fingerprint density at radius 3 is 2.54 bits per heavy atom. The lowest BCUT2D eigenvalue weighted by molar-refractivity contribution is -0.0167. The minimum Gasteiger partial charge on any atom is -0.491 e. The van der Waals surface area contributed by atoms with Gasteiger partial charge in [0.05, 0.1) is 12.8 Å². The van der Waals surface area contributed by atoms with Crippen LogP contribution in [0, 0.1) is 17.8 Å². The lowest BCUT2D eigenvalue weighted by atomic mass is 9.53. The molecule has 8 nitrogen and oxygen atoms in total. The Bertz CT molecular complexity index is 1070. The minimum absolute atomic E-state index is 0.0800. The molecule has 1 aromatic carbocycles. The number of amides is 2. The standard InChI is InChI=1S/C27H35N5O3/c1-3-5-6-9-35-24-13-21(25(33)28-4-2)7-8-23(24)32-17-22(30-31-32)26(34)29-27-14-18-10-19(15-27)12-20(11-18)16-27/h3,7-8,13,17-20H,1,4-6,9-12,14-16H2,2H3,(H,28,33)(H,29,34). The molecule has 6 rings (SSSR count). The summed E-state index contributed by atoms with van der Waals surface area (Å²) in [6, 6.07) is 5.22. The van der Waals surface area contributed by atoms with E-state index in [1.807, 2.05) is 13.0 Å². The van der Waals surface area contributed by atoms with Gasteiger partial charge >= 0.3 is 0 Å². The van der Waals surface area contributed by atoms with Gasteiger partial charge in [-0.3, -0.25) is 9.59 Å². The Morgan fingerprint density at radius 2 is 1.89 bits per heavy atom. The van der Waals surface area contributed by atoms with Crippen molar-refractivity contribution in [2.45, 2.75) is 63.8 Å². The minimum atomic E-state index is -0.163. The van der Waals surface area contributed by atoms with Crippen LogP contribution in [0.25, 0.3) is 5.69 Å². The van der Waals surface area contributed by atoms with Gasteiger partial charge in [-0.1, -0.05) is 11.3 Å². The highest BCUT2D eigenvalue weighted by Crippen LogP contribution is 2.55. The zero-order valence-corrected chi connectivity index (χ0v) is 20.5. The number of aromatic nitrogens is 3. The van der Waals surface area contributed by atoms with E-state index in [1.165, 1.54) is 19.3 Å². The van der Waals surface area contributed by atoms with E-state index >= 15 is 0 Å². The van der Waals surface area contributed by atoms with E-state index in [-0.39, 0.29) is 17.4 Å². The van der Waals surface area contributed by atoms with Crippen LogP contribution in [0.1, 0.15) is 79.1 Å². The third-order valence-electron chi connectivity index (χ3n) is 7.76. The van der Waals surface area contributed by atoms with Gasteiger partial charge in [0.25, 0.3) is 11.8 Å². The van der Waals surface area contributed by atoms with Crippen molar-refractivity contribution in [1.82, 2.24) is 25.6 Å². The maximum atomic E-state index is 13.2. The van der Waals surface area contributed by atoms with Crippen LogP contribution in [0.5, 0.6) is 5.75 Å². The third-order valence-corrected chi connectivity index (χ3v) is 7.76. The van der Waals surface area contributed by atoms with Gasteiger partial charge in [0.15, 0.2) is 5.69 Å². The van der Waals surface area contributed by atoms with Crippen molar-refractivity contribution in [3.8, 4) is 11.4 Å². The molecule has 4 bridgehead atoms. The summed E-state index contributed by atoms with van der Waals surface area (Å²) in [5, 5.41) is 14.6. The van der Waals surface area contributed by atoms with Crippen molar-refractivity contribution in [3.63, 3.8) is 0 Å². The summed E-state index contributed by atoms with van der Waals surface area (Å²) in [5.41, 5.74) is 1.36. The van der Waals surface area contributed by atoms with Crippen molar-refractivity contribution >= 4 is 11.8 Å². The van der Waals surface area contributed by atoms with Gasteiger partial charge in [-0.05, 0) is 94.2 Å². The second-order valence-electron chi connectivity index (χ2n) is 10.5. The van der Waals surface area contributed by atoms with Crippen LogP contribution in [0.4, 0.5) is 0 Å². The molecule has 186 valence electrons. The molecule has 0 atom stereocenters. The van der Waals surface area contributed by atoms with E-state index in [0.29, 0.717) is 35.8 Å². The number of rotatable bonds is 10. The van der Waals surface area contributed by atoms with E-state index in [1.54, 1.807) is 29.1 Å². The van der Waals surface area contributed by atoms with Crippen molar-refractivity contribution in [2.75, 3.05) is 13.2 Å². The molecule has 0 unspecified atom stereocenters. The molecule has 0 aliphatic heterocycles. The summed E-state index contributed by atoms with van der Waals surface area (Å²) in [6.45, 7) is 6.65. The Morgan fingerprint density at radius 1 is 1.17 bits per heavy atom. The maximum absolute atomic E-state index is 13.2. The number of hydrogen-bond acceptors (Lipinski definition) is 5. The highest BCUT2D eigenvalue weighted by Gasteiger charge is 2.51. The summed E-state index contributed by atoms with van der Waals surface area (Å²) in [5.74, 6) is 2.45. The molecule has 8 heteroatoms. The maximum Gasteiger partial charge on any atom is 0.273 e. The molecule has 0 radical (unpaired) electrons. The molecule has 4 aliphatic carbocycles. The first-order chi connectivity index (χ1) is 17.0. The topological polar surface area (TPSA) is 98.1 Å². The second-order valence-corrected chi connectivity index (χ2v) is 10.5. The SMILES string of the molecule is C=CCCCOc1cc(C(=O)NCC)ccc1-n1cc(C(=O)NC23CC4CC(CC(C4)C2)C3)nn1. The lowest BCUT2D eigenvalue weighted by Crippen LogP contribution is -2.59. The Kier molecular flexibility index (Phi) is 6.62. The molecular formula is C27H35N5O3. The fourth-order valence-corrected chi connectivity index (χ4v) is 6.69. The van der Waals surface area contributed by atoms with Crippen molar-refractivity contribution in [3.05, 3.63) is 48.3 Å². The number of unbranched alkanes of at least 4 members (excludes halogenated alkanes) is 1. The fraction of sp³-hybridized carbons (Fsp3) is 0.556. The average molecular weight is 478 g/mol. The van der Waals surface area contributed by atoms with E-state index < -0.39 is 0 Å². The molecule has 1 heterocycles. The number of allylic oxidation sites excluding steroid dienone is 1. The van der Waals surface area contributed by atoms with Crippen molar-refractivity contribution in [1.29, 1.82) is 0 Å². The quantitative estimate of drug-likeness (QED) is 0.397. The van der Waals surface area contributed by atoms with Crippen LogP contribution in [-0.4, -0.2) is 45.5 Å². The zero-order chi connectivity index (χ0) is 24.4. The Hall–Kier alpha value is -3.16. The number of carbonyl (C=O) groups excluding carboxylic acids is 2. The molecular weight excluding hydrogens is 442 g/mol. The van der Waals surface area contributed by atoms with Gasteiger partial charge in [0.1, 0.15) is 11.4 Å². The number of hydrogen-bond donors (Lipinski definition) is 2. The second kappa shape index (κ2) is 9.84. The van der Waals surface area contributed by atoms with Gasteiger partial charge in [0.2, 0.25) is 0 Å². The molecule has 0 saturated heterocycles. The van der Waals surface area contributed by atoms with E-state index in [4.69, 9.17) is 4.74 Å². The predicted molar refractivity (Wildman–Crippen MR) is 133 cm³/mol.